The molecule has 6 nitrogen and oxygen atoms in total. The minimum absolute atomic E-state index is 0.130. The Balaban J connectivity index is 1.57. The largest absolute Gasteiger partial charge is 0.440 e. The highest BCUT2D eigenvalue weighted by Gasteiger charge is 2.20. The molecule has 148 valence electrons. The summed E-state index contributed by atoms with van der Waals surface area (Å²) in [6, 6.07) is 11.8. The minimum atomic E-state index is -0.166. The Morgan fingerprint density at radius 2 is 2.00 bits per heavy atom. The lowest BCUT2D eigenvalue weighted by Crippen LogP contribution is -2.18. The molecule has 8 heteroatoms. The monoisotopic (exact) mass is 470 g/mol. The van der Waals surface area contributed by atoms with Gasteiger partial charge >= 0.3 is 0 Å². The Morgan fingerprint density at radius 3 is 2.69 bits per heavy atom. The number of thiophene rings is 1. The maximum Gasteiger partial charge on any atom is 0.236 e. The topological polar surface area (TPSA) is 73.0 Å². The third kappa shape index (κ3) is 4.04. The Kier molecular flexibility index (Phi) is 5.38. The van der Waals surface area contributed by atoms with Gasteiger partial charge in [-0.1, -0.05) is 34.1 Å². The fourth-order valence-electron chi connectivity index (χ4n) is 3.19. The number of amides is 1. The lowest BCUT2D eigenvalue weighted by atomic mass is 10.1. The van der Waals surface area contributed by atoms with E-state index < -0.39 is 0 Å². The summed E-state index contributed by atoms with van der Waals surface area (Å²) in [4.78, 5) is 18.2. The maximum atomic E-state index is 12.8. The lowest BCUT2D eigenvalue weighted by Gasteiger charge is -2.09. The quantitative estimate of drug-likeness (QED) is 0.425. The first kappa shape index (κ1) is 19.6. The zero-order chi connectivity index (χ0) is 20.5. The van der Waals surface area contributed by atoms with Crippen LogP contribution < -0.4 is 5.32 Å². The third-order valence-electron chi connectivity index (χ3n) is 4.57. The van der Waals surface area contributed by atoms with E-state index in [4.69, 9.17) is 4.42 Å². The molecule has 0 saturated heterocycles. The van der Waals surface area contributed by atoms with Gasteiger partial charge in [-0.15, -0.1) is 11.3 Å². The van der Waals surface area contributed by atoms with Crippen molar-refractivity contribution in [3.05, 3.63) is 63.4 Å². The van der Waals surface area contributed by atoms with E-state index in [2.05, 4.69) is 31.3 Å². The van der Waals surface area contributed by atoms with E-state index in [1.165, 1.54) is 0 Å². The fourth-order valence-corrected chi connectivity index (χ4v) is 4.10. The van der Waals surface area contributed by atoms with Crippen LogP contribution in [0.2, 0.25) is 0 Å². The summed E-state index contributed by atoms with van der Waals surface area (Å²) in [5.41, 5.74) is 3.38. The second-order valence-electron chi connectivity index (χ2n) is 6.66. The molecule has 0 spiro atoms. The summed E-state index contributed by atoms with van der Waals surface area (Å²) in [5.74, 6) is 1.69. The van der Waals surface area contributed by atoms with Crippen LogP contribution in [0, 0.1) is 13.8 Å². The predicted octanol–water partition coefficient (Wildman–Crippen LogP) is 5.36. The maximum absolute atomic E-state index is 12.8. The van der Waals surface area contributed by atoms with E-state index in [0.29, 0.717) is 23.2 Å². The van der Waals surface area contributed by atoms with Crippen LogP contribution in [-0.4, -0.2) is 20.7 Å². The molecule has 4 aromatic rings. The van der Waals surface area contributed by atoms with Gasteiger partial charge in [-0.2, -0.15) is 5.10 Å². The summed E-state index contributed by atoms with van der Waals surface area (Å²) >= 11 is 5.01. The SMILES string of the molecule is Cc1nn(C)c(NC(=O)Cc2nc(-c3cccs3)oc2C)c1-c1ccc(Br)cc1. The summed E-state index contributed by atoms with van der Waals surface area (Å²) < 4.78 is 8.43. The molecule has 0 atom stereocenters. The Hall–Kier alpha value is -2.71. The summed E-state index contributed by atoms with van der Waals surface area (Å²) in [6.45, 7) is 3.76. The van der Waals surface area contributed by atoms with Crippen LogP contribution >= 0.6 is 27.3 Å². The van der Waals surface area contributed by atoms with Crippen molar-refractivity contribution in [2.24, 2.45) is 7.05 Å². The van der Waals surface area contributed by atoms with Crippen molar-refractivity contribution in [1.29, 1.82) is 0 Å². The molecule has 0 aliphatic carbocycles. The van der Waals surface area contributed by atoms with E-state index in [1.807, 2.05) is 62.7 Å². The molecule has 0 saturated carbocycles. The van der Waals surface area contributed by atoms with E-state index in [1.54, 1.807) is 16.0 Å². The molecule has 3 aromatic heterocycles. The van der Waals surface area contributed by atoms with E-state index in [0.717, 1.165) is 26.2 Å². The van der Waals surface area contributed by atoms with Gasteiger partial charge in [0.15, 0.2) is 0 Å². The van der Waals surface area contributed by atoms with E-state index in [9.17, 15) is 4.79 Å². The van der Waals surface area contributed by atoms with Crippen molar-refractivity contribution in [2.75, 3.05) is 5.32 Å². The first-order chi connectivity index (χ1) is 13.9. The molecule has 0 aliphatic heterocycles. The molecule has 4 rings (SSSR count). The van der Waals surface area contributed by atoms with Crippen LogP contribution in [0.4, 0.5) is 5.82 Å². The van der Waals surface area contributed by atoms with Crippen molar-refractivity contribution in [3.63, 3.8) is 0 Å². The van der Waals surface area contributed by atoms with Gasteiger partial charge in [0, 0.05) is 17.1 Å². The second kappa shape index (κ2) is 7.96. The number of carbonyl (C=O) groups excluding carboxylic acids is 1. The number of anilines is 1. The highest BCUT2D eigenvalue weighted by molar-refractivity contribution is 9.10. The molecule has 29 heavy (non-hydrogen) atoms. The molecular weight excluding hydrogens is 452 g/mol. The number of aromatic nitrogens is 3. The molecule has 0 unspecified atom stereocenters. The van der Waals surface area contributed by atoms with Crippen molar-refractivity contribution >= 4 is 39.0 Å². The predicted molar refractivity (Wildman–Crippen MR) is 118 cm³/mol. The number of nitrogens with zero attached hydrogens (tertiary/aromatic N) is 3. The Morgan fingerprint density at radius 1 is 1.24 bits per heavy atom. The molecule has 0 radical (unpaired) electrons. The van der Waals surface area contributed by atoms with Gasteiger partial charge in [-0.3, -0.25) is 9.48 Å². The van der Waals surface area contributed by atoms with Gasteiger partial charge in [0.1, 0.15) is 11.6 Å². The number of oxazole rings is 1. The van der Waals surface area contributed by atoms with Crippen LogP contribution in [0.3, 0.4) is 0 Å². The number of rotatable bonds is 5. The van der Waals surface area contributed by atoms with Crippen LogP contribution in [0.25, 0.3) is 21.9 Å². The van der Waals surface area contributed by atoms with Gasteiger partial charge < -0.3 is 9.73 Å². The van der Waals surface area contributed by atoms with Crippen LogP contribution in [0.1, 0.15) is 17.1 Å². The van der Waals surface area contributed by atoms with E-state index >= 15 is 0 Å². The first-order valence-electron chi connectivity index (χ1n) is 9.02. The number of nitrogens with one attached hydrogen (secondary N) is 1. The van der Waals surface area contributed by atoms with Gasteiger partial charge in [0.05, 0.1) is 22.7 Å². The number of benzene rings is 1. The Labute approximate surface area is 180 Å². The zero-order valence-corrected chi connectivity index (χ0v) is 18.6. The minimum Gasteiger partial charge on any atom is -0.440 e. The molecular formula is C21H19BrN4O2S. The number of carbonyl (C=O) groups is 1. The molecule has 1 N–H and O–H groups in total. The van der Waals surface area contributed by atoms with Gasteiger partial charge in [0.25, 0.3) is 0 Å². The molecule has 0 fully saturated rings. The van der Waals surface area contributed by atoms with Crippen LogP contribution in [0.15, 0.2) is 50.7 Å². The number of aryl methyl sites for hydroxylation is 3. The average molecular weight is 471 g/mol. The smallest absolute Gasteiger partial charge is 0.236 e. The van der Waals surface area contributed by atoms with Crippen molar-refractivity contribution < 1.29 is 9.21 Å². The van der Waals surface area contributed by atoms with E-state index in [-0.39, 0.29) is 12.3 Å². The van der Waals surface area contributed by atoms with Crippen molar-refractivity contribution in [1.82, 2.24) is 14.8 Å². The molecule has 3 heterocycles. The number of halogens is 1. The highest BCUT2D eigenvalue weighted by Crippen LogP contribution is 2.32. The molecule has 0 bridgehead atoms. The average Bonchev–Trinajstić information content (AvgIpc) is 3.38. The number of hydrogen-bond acceptors (Lipinski definition) is 5. The Bertz CT molecular complexity index is 1160. The van der Waals surface area contributed by atoms with Crippen molar-refractivity contribution in [2.45, 2.75) is 20.3 Å². The highest BCUT2D eigenvalue weighted by atomic mass is 79.9. The standard InChI is InChI=1S/C21H19BrN4O2S/c1-12-19(14-6-8-15(22)9-7-14)20(26(3)25-12)24-18(27)11-16-13(2)28-21(23-16)17-5-4-10-29-17/h4-10H,11H2,1-3H3,(H,24,27). The molecule has 0 aliphatic rings. The van der Waals surface area contributed by atoms with Gasteiger partial charge in [0.2, 0.25) is 11.8 Å². The summed E-state index contributed by atoms with van der Waals surface area (Å²) in [6.07, 6.45) is 0.130. The van der Waals surface area contributed by atoms with Gasteiger partial charge in [-0.05, 0) is 43.0 Å². The number of hydrogen-bond donors (Lipinski definition) is 1. The first-order valence-corrected chi connectivity index (χ1v) is 10.7. The second-order valence-corrected chi connectivity index (χ2v) is 8.53. The third-order valence-corrected chi connectivity index (χ3v) is 5.95. The summed E-state index contributed by atoms with van der Waals surface area (Å²) in [7, 11) is 1.82. The van der Waals surface area contributed by atoms with Gasteiger partial charge in [-0.25, -0.2) is 4.98 Å². The normalized spacial score (nSPS) is 11.0. The van der Waals surface area contributed by atoms with Crippen molar-refractivity contribution in [3.8, 4) is 21.9 Å². The summed E-state index contributed by atoms with van der Waals surface area (Å²) in [5, 5.41) is 9.45. The fraction of sp³-hybridized carbons (Fsp3) is 0.190. The lowest BCUT2D eigenvalue weighted by molar-refractivity contribution is -0.115. The zero-order valence-electron chi connectivity index (χ0n) is 16.2. The molecule has 1 amide bonds. The van der Waals surface area contributed by atoms with Crippen LogP contribution in [0.5, 0.6) is 0 Å². The van der Waals surface area contributed by atoms with Crippen LogP contribution in [-0.2, 0) is 18.3 Å². The molecule has 1 aromatic carbocycles.